The van der Waals surface area contributed by atoms with Crippen LogP contribution in [0.1, 0.15) is 23.7 Å². The Morgan fingerprint density at radius 1 is 1.41 bits per heavy atom. The average Bonchev–Trinajstić information content (AvgIpc) is 2.53. The van der Waals surface area contributed by atoms with Crippen LogP contribution >= 0.6 is 0 Å². The molecule has 0 unspecified atom stereocenters. The third kappa shape index (κ3) is 3.34. The van der Waals surface area contributed by atoms with Crippen LogP contribution in [-0.2, 0) is 4.74 Å². The molecule has 0 atom stereocenters. The van der Waals surface area contributed by atoms with E-state index in [1.54, 1.807) is 18.2 Å². The lowest BCUT2D eigenvalue weighted by molar-refractivity contribution is -0.0112. The van der Waals surface area contributed by atoms with Crippen molar-refractivity contribution in [2.45, 2.75) is 13.3 Å². The highest BCUT2D eigenvalue weighted by molar-refractivity contribution is 5.97. The van der Waals surface area contributed by atoms with Crippen LogP contribution in [0.4, 0.5) is 5.69 Å². The molecule has 0 fully saturated rings. The van der Waals surface area contributed by atoms with E-state index in [9.17, 15) is 4.79 Å². The summed E-state index contributed by atoms with van der Waals surface area (Å²) < 4.78 is 5.13. The third-order valence-electron chi connectivity index (χ3n) is 3.13. The fourth-order valence-corrected chi connectivity index (χ4v) is 1.95. The van der Waals surface area contributed by atoms with Crippen molar-refractivity contribution in [1.82, 2.24) is 0 Å². The predicted molar refractivity (Wildman–Crippen MR) is 79.0 cm³/mol. The predicted octanol–water partition coefficient (Wildman–Crippen LogP) is 3.35. The molecule has 1 aromatic rings. The number of carbonyl (C=O) groups is 1. The number of hydrogen-bond acceptors (Lipinski definition) is 4. The van der Waals surface area contributed by atoms with Crippen LogP contribution in [0.5, 0.6) is 0 Å². The van der Waals surface area contributed by atoms with E-state index < -0.39 is 5.97 Å². The van der Waals surface area contributed by atoms with Gasteiger partial charge in [-0.15, -0.1) is 0 Å². The molecule has 0 aromatic heterocycles. The van der Waals surface area contributed by atoms with Gasteiger partial charge in [-0.2, -0.15) is 15.0 Å². The van der Waals surface area contributed by atoms with Gasteiger partial charge in [0.05, 0.1) is 30.5 Å². The van der Waals surface area contributed by atoms with Crippen molar-refractivity contribution in [1.29, 1.82) is 0 Å². The smallest absolute Gasteiger partial charge is 0.337 e. The maximum atomic E-state index is 10.9. The van der Waals surface area contributed by atoms with Gasteiger partial charge in [-0.3, -0.25) is 0 Å². The van der Waals surface area contributed by atoms with Gasteiger partial charge in [0.2, 0.25) is 5.76 Å². The molecule has 112 valence electrons. The molecule has 7 nitrogen and oxygen atoms in total. The zero-order valence-corrected chi connectivity index (χ0v) is 12.1. The fourth-order valence-electron chi connectivity index (χ4n) is 1.95. The minimum Gasteiger partial charge on any atom is -0.490 e. The van der Waals surface area contributed by atoms with Gasteiger partial charge >= 0.3 is 11.7 Å². The number of aromatic carboxylic acids is 1. The largest absolute Gasteiger partial charge is 0.490 e. The summed E-state index contributed by atoms with van der Waals surface area (Å²) in [5, 5.41) is 17.1. The van der Waals surface area contributed by atoms with E-state index in [2.05, 4.69) is 15.0 Å². The summed E-state index contributed by atoms with van der Waals surface area (Å²) >= 11 is 0. The van der Waals surface area contributed by atoms with Gasteiger partial charge in [0.25, 0.3) is 0 Å². The highest BCUT2D eigenvalue weighted by atomic mass is 16.5. The minimum absolute atomic E-state index is 0.147. The zero-order valence-electron chi connectivity index (χ0n) is 12.1. The van der Waals surface area contributed by atoms with Gasteiger partial charge in [0.1, 0.15) is 0 Å². The second-order valence-corrected chi connectivity index (χ2v) is 4.66. The molecule has 1 aliphatic rings. The summed E-state index contributed by atoms with van der Waals surface area (Å²) in [7, 11) is 1.47. The van der Waals surface area contributed by atoms with Gasteiger partial charge < -0.3 is 15.4 Å². The topological polar surface area (TPSA) is 108 Å². The number of rotatable bonds is 4. The van der Waals surface area contributed by atoms with Crippen molar-refractivity contribution < 1.29 is 19.4 Å². The van der Waals surface area contributed by atoms with Crippen LogP contribution in [0, 0.1) is 0 Å². The highest BCUT2D eigenvalue weighted by Gasteiger charge is 2.24. The lowest BCUT2D eigenvalue weighted by Gasteiger charge is -2.10. The van der Waals surface area contributed by atoms with E-state index in [1.165, 1.54) is 19.2 Å². The van der Waals surface area contributed by atoms with E-state index in [1.807, 2.05) is 6.92 Å². The number of hydrogen-bond donors (Lipinski definition) is 1. The molecule has 0 radical (unpaired) electrons. The molecule has 1 aromatic carbocycles. The van der Waals surface area contributed by atoms with Gasteiger partial charge in [-0.25, -0.2) is 4.79 Å². The van der Waals surface area contributed by atoms with Crippen molar-refractivity contribution in [3.63, 3.8) is 0 Å². The van der Waals surface area contributed by atoms with Crippen molar-refractivity contribution in [3.05, 3.63) is 58.5 Å². The zero-order chi connectivity index (χ0) is 16.1. The summed E-state index contributed by atoms with van der Waals surface area (Å²) in [6, 6.07) is 6.19. The standard InChI is InChI=1S/C15H14N4O3/c1-9-6-13(17-16)14(22-2)8-12(9)19-18-11-5-3-4-10(7-11)15(20)21/h3-5,7-8H,6H2,1-2H3,(H,20,21). The molecule has 1 aliphatic carbocycles. The molecular formula is C15H14N4O3. The van der Waals surface area contributed by atoms with Gasteiger partial charge in [0, 0.05) is 6.08 Å². The Kier molecular flexibility index (Phi) is 4.60. The van der Waals surface area contributed by atoms with Crippen molar-refractivity contribution >= 4 is 17.4 Å². The first-order valence-corrected chi connectivity index (χ1v) is 6.47. The molecule has 0 amide bonds. The molecule has 0 aliphatic heterocycles. The Bertz CT molecular complexity index is 756. The van der Waals surface area contributed by atoms with Crippen molar-refractivity contribution in [3.8, 4) is 0 Å². The molecule has 22 heavy (non-hydrogen) atoms. The number of ether oxygens (including phenoxy) is 1. The second-order valence-electron chi connectivity index (χ2n) is 4.66. The number of benzene rings is 1. The van der Waals surface area contributed by atoms with Crippen LogP contribution in [-0.4, -0.2) is 28.7 Å². The Balaban J connectivity index is 2.30. The lowest BCUT2D eigenvalue weighted by Crippen LogP contribution is -2.12. The number of azo groups is 1. The van der Waals surface area contributed by atoms with Crippen LogP contribution in [0.25, 0.3) is 5.53 Å². The third-order valence-corrected chi connectivity index (χ3v) is 3.13. The molecule has 1 N–H and O–H groups in total. The summed E-state index contributed by atoms with van der Waals surface area (Å²) in [5.41, 5.74) is 11.4. The summed E-state index contributed by atoms with van der Waals surface area (Å²) in [4.78, 5) is 14.1. The monoisotopic (exact) mass is 298 g/mol. The molecular weight excluding hydrogens is 284 g/mol. The first-order chi connectivity index (χ1) is 10.5. The van der Waals surface area contributed by atoms with E-state index in [0.29, 0.717) is 29.3 Å². The molecule has 0 saturated carbocycles. The molecule has 7 heteroatoms. The van der Waals surface area contributed by atoms with Crippen LogP contribution in [0.2, 0.25) is 0 Å². The molecule has 2 rings (SSSR count). The second kappa shape index (κ2) is 6.60. The van der Waals surface area contributed by atoms with E-state index in [0.717, 1.165) is 5.57 Å². The van der Waals surface area contributed by atoms with Crippen molar-refractivity contribution in [2.24, 2.45) is 10.2 Å². The average molecular weight is 298 g/mol. The summed E-state index contributed by atoms with van der Waals surface area (Å²) in [6.07, 6.45) is 2.03. The van der Waals surface area contributed by atoms with Crippen LogP contribution in [0.15, 0.2) is 57.6 Å². The lowest BCUT2D eigenvalue weighted by atomic mass is 10.0. The van der Waals surface area contributed by atoms with E-state index in [4.69, 9.17) is 15.4 Å². The Hall–Kier alpha value is -3.05. The Labute approximate surface area is 126 Å². The number of allylic oxidation sites excluding steroid dienone is 3. The molecule has 0 bridgehead atoms. The van der Waals surface area contributed by atoms with Crippen LogP contribution in [0.3, 0.4) is 0 Å². The first-order valence-electron chi connectivity index (χ1n) is 6.47. The maximum Gasteiger partial charge on any atom is 0.337 e. The van der Waals surface area contributed by atoms with Gasteiger partial charge in [0.15, 0.2) is 0 Å². The Morgan fingerprint density at radius 3 is 2.82 bits per heavy atom. The van der Waals surface area contributed by atoms with Gasteiger partial charge in [-0.05, 0) is 30.7 Å². The fraction of sp³-hybridized carbons (Fsp3) is 0.200. The Morgan fingerprint density at radius 2 is 2.18 bits per heavy atom. The van der Waals surface area contributed by atoms with Crippen LogP contribution < -0.4 is 0 Å². The quantitative estimate of drug-likeness (QED) is 0.680. The van der Waals surface area contributed by atoms with Crippen molar-refractivity contribution in [2.75, 3.05) is 7.11 Å². The molecule has 0 heterocycles. The maximum absolute atomic E-state index is 10.9. The SMILES string of the molecule is COC1=CC(N=Nc2cccc(C(=O)O)c2)=C(C)CC1=[N+]=[N-]. The highest BCUT2D eigenvalue weighted by Crippen LogP contribution is 2.24. The normalized spacial score (nSPS) is 14.8. The summed E-state index contributed by atoms with van der Waals surface area (Å²) in [5.74, 6) is -0.600. The molecule has 0 saturated heterocycles. The first kappa shape index (κ1) is 15.3. The number of methoxy groups -OCH3 is 1. The number of carboxylic acid groups (broad SMARTS) is 1. The van der Waals surface area contributed by atoms with E-state index >= 15 is 0 Å². The van der Waals surface area contributed by atoms with E-state index in [-0.39, 0.29) is 5.56 Å². The number of carboxylic acids is 1. The van der Waals surface area contributed by atoms with Gasteiger partial charge in [-0.1, -0.05) is 6.07 Å². The molecule has 0 spiro atoms. The summed E-state index contributed by atoms with van der Waals surface area (Å²) in [6.45, 7) is 1.84. The minimum atomic E-state index is -1.02. The number of nitrogens with zero attached hydrogens (tertiary/aromatic N) is 4.